The van der Waals surface area contributed by atoms with Crippen molar-refractivity contribution >= 4 is 11.8 Å². The van der Waals surface area contributed by atoms with Crippen molar-refractivity contribution in [3.8, 4) is 5.75 Å². The molecule has 5 nitrogen and oxygen atoms in total. The highest BCUT2D eigenvalue weighted by molar-refractivity contribution is 5.96. The van der Waals surface area contributed by atoms with Crippen molar-refractivity contribution in [2.24, 2.45) is 0 Å². The minimum atomic E-state index is -4.82. The number of nitrogens with one attached hydrogen (secondary N) is 2. The molecule has 0 aliphatic carbocycles. The molecule has 2 aromatic rings. The van der Waals surface area contributed by atoms with E-state index in [2.05, 4.69) is 15.4 Å². The molecule has 0 aliphatic heterocycles. The zero-order chi connectivity index (χ0) is 18.3. The normalized spacial score (nSPS) is 10.8. The van der Waals surface area contributed by atoms with E-state index >= 15 is 0 Å². The van der Waals surface area contributed by atoms with Crippen LogP contribution in [0.3, 0.4) is 0 Å². The maximum Gasteiger partial charge on any atom is 0.573 e. The molecular formula is C17H15F3N2O3. The van der Waals surface area contributed by atoms with Crippen molar-refractivity contribution in [3.05, 3.63) is 65.7 Å². The molecule has 25 heavy (non-hydrogen) atoms. The molecule has 0 unspecified atom stereocenters. The van der Waals surface area contributed by atoms with Crippen LogP contribution in [0.5, 0.6) is 5.75 Å². The number of hydrogen-bond donors (Lipinski definition) is 2. The standard InChI is InChI=1S/C17H15F3N2O3/c18-17(19,20)25-14-9-5-4-8-13(14)10-21-15(23)11-22-16(24)12-6-2-1-3-7-12/h1-9H,10-11H2,(H,21,23)(H,22,24). The van der Waals surface area contributed by atoms with Crippen LogP contribution in [0, 0.1) is 0 Å². The second-order valence-electron chi connectivity index (χ2n) is 4.98. The third-order valence-electron chi connectivity index (χ3n) is 3.12. The third-order valence-corrected chi connectivity index (χ3v) is 3.12. The zero-order valence-electron chi connectivity index (χ0n) is 13.0. The number of amides is 2. The molecule has 0 spiro atoms. The van der Waals surface area contributed by atoms with Crippen molar-refractivity contribution in [1.29, 1.82) is 0 Å². The first-order valence-corrected chi connectivity index (χ1v) is 7.29. The Balaban J connectivity index is 1.85. The first-order valence-electron chi connectivity index (χ1n) is 7.29. The van der Waals surface area contributed by atoms with Gasteiger partial charge in [0.15, 0.2) is 0 Å². The van der Waals surface area contributed by atoms with Crippen LogP contribution < -0.4 is 15.4 Å². The quantitative estimate of drug-likeness (QED) is 0.840. The molecule has 2 N–H and O–H groups in total. The summed E-state index contributed by atoms with van der Waals surface area (Å²) in [4.78, 5) is 23.6. The van der Waals surface area contributed by atoms with Gasteiger partial charge in [0.2, 0.25) is 5.91 Å². The SMILES string of the molecule is O=C(CNC(=O)c1ccccc1)NCc1ccccc1OC(F)(F)F. The van der Waals surface area contributed by atoms with E-state index in [9.17, 15) is 22.8 Å². The molecule has 2 amide bonds. The van der Waals surface area contributed by atoms with E-state index in [-0.39, 0.29) is 24.4 Å². The lowest BCUT2D eigenvalue weighted by Gasteiger charge is -2.13. The molecule has 8 heteroatoms. The summed E-state index contributed by atoms with van der Waals surface area (Å²) in [6.07, 6.45) is -4.82. The van der Waals surface area contributed by atoms with Gasteiger partial charge in [-0.05, 0) is 18.2 Å². The highest BCUT2D eigenvalue weighted by Gasteiger charge is 2.31. The highest BCUT2D eigenvalue weighted by Crippen LogP contribution is 2.25. The van der Waals surface area contributed by atoms with Crippen molar-refractivity contribution in [3.63, 3.8) is 0 Å². The Morgan fingerprint density at radius 3 is 2.24 bits per heavy atom. The predicted octanol–water partition coefficient (Wildman–Crippen LogP) is 2.63. The van der Waals surface area contributed by atoms with Crippen LogP contribution in [0.25, 0.3) is 0 Å². The molecule has 0 fully saturated rings. The average molecular weight is 352 g/mol. The van der Waals surface area contributed by atoms with Crippen LogP contribution in [0.1, 0.15) is 15.9 Å². The first kappa shape index (κ1) is 18.3. The fourth-order valence-electron chi connectivity index (χ4n) is 1.98. The van der Waals surface area contributed by atoms with E-state index in [4.69, 9.17) is 0 Å². The summed E-state index contributed by atoms with van der Waals surface area (Å²) in [5.74, 6) is -1.34. The van der Waals surface area contributed by atoms with Crippen molar-refractivity contribution in [1.82, 2.24) is 10.6 Å². The van der Waals surface area contributed by atoms with Gasteiger partial charge in [0, 0.05) is 17.7 Å². The molecule has 0 heterocycles. The number of hydrogen-bond acceptors (Lipinski definition) is 3. The van der Waals surface area contributed by atoms with Crippen molar-refractivity contribution in [2.45, 2.75) is 12.9 Å². The monoisotopic (exact) mass is 352 g/mol. The number of rotatable bonds is 6. The van der Waals surface area contributed by atoms with Crippen LogP contribution >= 0.6 is 0 Å². The molecule has 0 saturated heterocycles. The van der Waals surface area contributed by atoms with E-state index in [0.717, 1.165) is 6.07 Å². The molecule has 0 radical (unpaired) electrons. The number of para-hydroxylation sites is 1. The fraction of sp³-hybridized carbons (Fsp3) is 0.176. The summed E-state index contributed by atoms with van der Waals surface area (Å²) in [7, 11) is 0. The molecule has 0 atom stereocenters. The lowest BCUT2D eigenvalue weighted by atomic mass is 10.2. The maximum atomic E-state index is 12.3. The first-order chi connectivity index (χ1) is 11.8. The Kier molecular flexibility index (Phi) is 5.99. The second-order valence-corrected chi connectivity index (χ2v) is 4.98. The fourth-order valence-corrected chi connectivity index (χ4v) is 1.98. The smallest absolute Gasteiger partial charge is 0.405 e. The molecule has 0 saturated carbocycles. The van der Waals surface area contributed by atoms with Gasteiger partial charge in [0.05, 0.1) is 6.54 Å². The van der Waals surface area contributed by atoms with Crippen LogP contribution in [-0.2, 0) is 11.3 Å². The van der Waals surface area contributed by atoms with Gasteiger partial charge in [-0.2, -0.15) is 0 Å². The van der Waals surface area contributed by atoms with Gasteiger partial charge < -0.3 is 15.4 Å². The second kappa shape index (κ2) is 8.18. The van der Waals surface area contributed by atoms with Gasteiger partial charge in [-0.15, -0.1) is 13.2 Å². The minimum absolute atomic E-state index is 0.160. The van der Waals surface area contributed by atoms with Gasteiger partial charge in [-0.1, -0.05) is 36.4 Å². The zero-order valence-corrected chi connectivity index (χ0v) is 13.0. The number of ether oxygens (including phenoxy) is 1. The molecule has 2 rings (SSSR count). The summed E-state index contributed by atoms with van der Waals surface area (Å²) in [5.41, 5.74) is 0.571. The third kappa shape index (κ3) is 6.17. The van der Waals surface area contributed by atoms with E-state index in [0.29, 0.717) is 5.56 Å². The molecule has 0 aliphatic rings. The van der Waals surface area contributed by atoms with E-state index in [1.54, 1.807) is 30.3 Å². The number of carbonyl (C=O) groups excluding carboxylic acids is 2. The Labute approximate surface area is 141 Å². The van der Waals surface area contributed by atoms with Crippen LogP contribution in [0.15, 0.2) is 54.6 Å². The number of benzene rings is 2. The molecule has 2 aromatic carbocycles. The molecular weight excluding hydrogens is 337 g/mol. The summed E-state index contributed by atoms with van der Waals surface area (Å²) in [6.45, 7) is -0.456. The number of halogens is 3. The van der Waals surface area contributed by atoms with Gasteiger partial charge in [0.1, 0.15) is 5.75 Å². The number of carbonyl (C=O) groups is 2. The van der Waals surface area contributed by atoms with Gasteiger partial charge in [0.25, 0.3) is 5.91 Å². The molecule has 132 valence electrons. The Bertz CT molecular complexity index is 733. The summed E-state index contributed by atoms with van der Waals surface area (Å²) >= 11 is 0. The van der Waals surface area contributed by atoms with E-state index in [1.807, 2.05) is 0 Å². The highest BCUT2D eigenvalue weighted by atomic mass is 19.4. The Hall–Kier alpha value is -3.03. The lowest BCUT2D eigenvalue weighted by molar-refractivity contribution is -0.274. The topological polar surface area (TPSA) is 67.4 Å². The predicted molar refractivity (Wildman–Crippen MR) is 83.7 cm³/mol. The maximum absolute atomic E-state index is 12.3. The summed E-state index contributed by atoms with van der Waals surface area (Å²) < 4.78 is 40.9. The summed E-state index contributed by atoms with van der Waals surface area (Å²) in [5, 5.41) is 4.86. The van der Waals surface area contributed by atoms with Crippen LogP contribution in [0.4, 0.5) is 13.2 Å². The minimum Gasteiger partial charge on any atom is -0.405 e. The lowest BCUT2D eigenvalue weighted by Crippen LogP contribution is -2.36. The van der Waals surface area contributed by atoms with Gasteiger partial charge in [-0.3, -0.25) is 9.59 Å². The number of alkyl halides is 3. The van der Waals surface area contributed by atoms with Crippen molar-refractivity contribution in [2.75, 3.05) is 6.54 Å². The largest absolute Gasteiger partial charge is 0.573 e. The van der Waals surface area contributed by atoms with Crippen molar-refractivity contribution < 1.29 is 27.5 Å². The summed E-state index contributed by atoms with van der Waals surface area (Å²) in [6, 6.07) is 13.8. The van der Waals surface area contributed by atoms with Gasteiger partial charge >= 0.3 is 6.36 Å². The average Bonchev–Trinajstić information content (AvgIpc) is 2.58. The van der Waals surface area contributed by atoms with Gasteiger partial charge in [-0.25, -0.2) is 0 Å². The van der Waals surface area contributed by atoms with Crippen LogP contribution in [0.2, 0.25) is 0 Å². The Morgan fingerprint density at radius 2 is 1.56 bits per heavy atom. The Morgan fingerprint density at radius 1 is 0.920 bits per heavy atom. The molecule has 0 bridgehead atoms. The van der Waals surface area contributed by atoms with Crippen LogP contribution in [-0.4, -0.2) is 24.7 Å². The molecule has 0 aromatic heterocycles. The van der Waals surface area contributed by atoms with E-state index < -0.39 is 18.2 Å². The van der Waals surface area contributed by atoms with E-state index in [1.165, 1.54) is 18.2 Å².